The lowest BCUT2D eigenvalue weighted by Gasteiger charge is -2.34. The van der Waals surface area contributed by atoms with Crippen LogP contribution in [0.15, 0.2) is 29.3 Å². The highest BCUT2D eigenvalue weighted by Crippen LogP contribution is 2.20. The molecule has 7 heteroatoms. The molecule has 0 bridgehead atoms. The van der Waals surface area contributed by atoms with E-state index >= 15 is 0 Å². The van der Waals surface area contributed by atoms with Crippen LogP contribution >= 0.6 is 24.0 Å². The van der Waals surface area contributed by atoms with E-state index in [0.29, 0.717) is 18.1 Å². The highest BCUT2D eigenvalue weighted by Gasteiger charge is 2.20. The largest absolute Gasteiger partial charge is 0.371 e. The summed E-state index contributed by atoms with van der Waals surface area (Å²) in [6.45, 7) is 12.9. The van der Waals surface area contributed by atoms with Gasteiger partial charge in [0.2, 0.25) is 0 Å². The maximum absolute atomic E-state index is 13.4. The third-order valence-electron chi connectivity index (χ3n) is 5.44. The number of nitrogens with one attached hydrogen (secondary N) is 2. The summed E-state index contributed by atoms with van der Waals surface area (Å²) in [5.74, 6) is 0.709. The predicted octanol–water partition coefficient (Wildman–Crippen LogP) is 4.09. The number of halogens is 2. The summed E-state index contributed by atoms with van der Waals surface area (Å²) in [7, 11) is 1.83. The lowest BCUT2D eigenvalue weighted by atomic mass is 10.0. The van der Waals surface area contributed by atoms with Crippen LogP contribution in [0.1, 0.15) is 47.0 Å². The monoisotopic (exact) mass is 519 g/mol. The van der Waals surface area contributed by atoms with Crippen LogP contribution in [0.25, 0.3) is 0 Å². The van der Waals surface area contributed by atoms with Crippen molar-refractivity contribution < 1.29 is 4.39 Å². The smallest absolute Gasteiger partial charge is 0.191 e. The first-order valence-corrected chi connectivity index (χ1v) is 10.6. The maximum Gasteiger partial charge on any atom is 0.191 e. The molecule has 0 spiro atoms. The van der Waals surface area contributed by atoms with Crippen molar-refractivity contribution in [1.82, 2.24) is 15.5 Å². The van der Waals surface area contributed by atoms with Crippen LogP contribution in [0.2, 0.25) is 0 Å². The van der Waals surface area contributed by atoms with Crippen molar-refractivity contribution in [2.75, 3.05) is 38.1 Å². The van der Waals surface area contributed by atoms with E-state index in [1.54, 1.807) is 12.1 Å². The molecule has 0 radical (unpaired) electrons. The molecule has 0 atom stereocenters. The average molecular weight is 519 g/mol. The molecule has 0 aliphatic carbocycles. The summed E-state index contributed by atoms with van der Waals surface area (Å²) >= 11 is 0. The van der Waals surface area contributed by atoms with Gasteiger partial charge in [0.1, 0.15) is 5.82 Å². The van der Waals surface area contributed by atoms with Crippen molar-refractivity contribution in [3.63, 3.8) is 0 Å². The molecule has 1 heterocycles. The van der Waals surface area contributed by atoms with Gasteiger partial charge in [-0.1, -0.05) is 6.07 Å². The molecule has 2 N–H and O–H groups in total. The molecule has 0 aromatic heterocycles. The quantitative estimate of drug-likeness (QED) is 0.235. The van der Waals surface area contributed by atoms with Crippen LogP contribution < -0.4 is 15.5 Å². The highest BCUT2D eigenvalue weighted by atomic mass is 127. The molecule has 1 saturated heterocycles. The first-order valence-electron chi connectivity index (χ1n) is 10.6. The van der Waals surface area contributed by atoms with Crippen LogP contribution in [0.4, 0.5) is 10.1 Å². The van der Waals surface area contributed by atoms with Crippen molar-refractivity contribution in [3.8, 4) is 0 Å². The molecule has 0 unspecified atom stereocenters. The van der Waals surface area contributed by atoms with Gasteiger partial charge >= 0.3 is 0 Å². The minimum Gasteiger partial charge on any atom is -0.371 e. The first kappa shape index (κ1) is 25.9. The van der Waals surface area contributed by atoms with Gasteiger partial charge in [0.25, 0.3) is 0 Å². The molecule has 1 fully saturated rings. The molecule has 5 nitrogen and oxygen atoms in total. The van der Waals surface area contributed by atoms with Crippen LogP contribution in [0.5, 0.6) is 0 Å². The van der Waals surface area contributed by atoms with Crippen molar-refractivity contribution in [3.05, 3.63) is 30.1 Å². The molecule has 1 aliphatic rings. The zero-order valence-electron chi connectivity index (χ0n) is 18.6. The third kappa shape index (κ3) is 8.66. The van der Waals surface area contributed by atoms with E-state index in [9.17, 15) is 4.39 Å². The van der Waals surface area contributed by atoms with Gasteiger partial charge in [0.15, 0.2) is 5.96 Å². The molecular weight excluding hydrogens is 480 g/mol. The Kier molecular flexibility index (Phi) is 11.9. The van der Waals surface area contributed by atoms with Crippen molar-refractivity contribution in [2.24, 2.45) is 4.99 Å². The van der Waals surface area contributed by atoms with Gasteiger partial charge in [-0.25, -0.2) is 4.39 Å². The first-order chi connectivity index (χ1) is 13.4. The van der Waals surface area contributed by atoms with E-state index in [2.05, 4.69) is 53.1 Å². The zero-order valence-corrected chi connectivity index (χ0v) is 20.9. The Morgan fingerprint density at radius 1 is 1.21 bits per heavy atom. The van der Waals surface area contributed by atoms with E-state index in [4.69, 9.17) is 0 Å². The second kappa shape index (κ2) is 13.3. The maximum atomic E-state index is 13.4. The van der Waals surface area contributed by atoms with Crippen LogP contribution in [0.3, 0.4) is 0 Å². The third-order valence-corrected chi connectivity index (χ3v) is 5.44. The molecular formula is C22H39FIN5. The minimum absolute atomic E-state index is 0. The van der Waals surface area contributed by atoms with E-state index < -0.39 is 0 Å². The van der Waals surface area contributed by atoms with Crippen molar-refractivity contribution >= 4 is 35.6 Å². The predicted molar refractivity (Wildman–Crippen MR) is 133 cm³/mol. The van der Waals surface area contributed by atoms with E-state index in [1.165, 1.54) is 6.07 Å². The van der Waals surface area contributed by atoms with Crippen molar-refractivity contribution in [1.29, 1.82) is 0 Å². The van der Waals surface area contributed by atoms with Gasteiger partial charge in [-0.15, -0.1) is 24.0 Å². The molecule has 166 valence electrons. The van der Waals surface area contributed by atoms with E-state index in [1.807, 2.05) is 13.1 Å². The molecule has 0 saturated carbocycles. The second-order valence-corrected chi connectivity index (χ2v) is 8.16. The van der Waals surface area contributed by atoms with Crippen LogP contribution in [0, 0.1) is 5.82 Å². The van der Waals surface area contributed by atoms with Crippen LogP contribution in [-0.4, -0.2) is 62.2 Å². The molecule has 1 aromatic carbocycles. The summed E-state index contributed by atoms with van der Waals surface area (Å²) in [4.78, 5) is 9.14. The molecule has 2 rings (SSSR count). The van der Waals surface area contributed by atoms with Crippen molar-refractivity contribution in [2.45, 2.75) is 65.1 Å². The number of hydrogen-bond acceptors (Lipinski definition) is 3. The topological polar surface area (TPSA) is 42.9 Å². The fourth-order valence-electron chi connectivity index (χ4n) is 3.92. The van der Waals surface area contributed by atoms with Gasteiger partial charge < -0.3 is 15.5 Å². The summed E-state index contributed by atoms with van der Waals surface area (Å²) in [6, 6.07) is 8.41. The summed E-state index contributed by atoms with van der Waals surface area (Å²) in [6.07, 6.45) is 3.13. The van der Waals surface area contributed by atoms with Gasteiger partial charge in [0.05, 0.1) is 0 Å². The molecule has 0 amide bonds. The fourth-order valence-corrected chi connectivity index (χ4v) is 3.92. The Morgan fingerprint density at radius 2 is 1.86 bits per heavy atom. The van der Waals surface area contributed by atoms with Gasteiger partial charge in [-0.2, -0.15) is 0 Å². The number of nitrogens with zero attached hydrogens (tertiary/aromatic N) is 3. The zero-order chi connectivity index (χ0) is 20.5. The number of anilines is 1. The van der Waals surface area contributed by atoms with Gasteiger partial charge in [-0.3, -0.25) is 9.89 Å². The fraction of sp³-hybridized carbons (Fsp3) is 0.682. The number of hydrogen-bond donors (Lipinski definition) is 2. The Hall–Kier alpha value is -1.09. The van der Waals surface area contributed by atoms with E-state index in [0.717, 1.165) is 57.1 Å². The highest BCUT2D eigenvalue weighted by molar-refractivity contribution is 14.0. The average Bonchev–Trinajstić information content (AvgIpc) is 2.66. The number of rotatable bonds is 8. The lowest BCUT2D eigenvalue weighted by molar-refractivity contribution is 0.173. The Bertz CT molecular complexity index is 607. The summed E-state index contributed by atoms with van der Waals surface area (Å²) in [5, 5.41) is 7.00. The SMILES string of the molecule is CN=C(NCCCN(C(C)C)C(C)C)NC1CCN(c2cccc(F)c2)CC1.I. The number of benzene rings is 1. The molecule has 1 aliphatic heterocycles. The lowest BCUT2D eigenvalue weighted by Crippen LogP contribution is -2.49. The number of guanidine groups is 1. The van der Waals surface area contributed by atoms with Crippen LogP contribution in [-0.2, 0) is 0 Å². The van der Waals surface area contributed by atoms with Gasteiger partial charge in [0, 0.05) is 57.0 Å². The standard InChI is InChI=1S/C22H38FN5.HI/c1-17(2)28(18(3)4)13-7-12-25-22(24-5)26-20-10-14-27(15-11-20)21-9-6-8-19(23)16-21;/h6,8-9,16-18,20H,7,10-15H2,1-5H3,(H2,24,25,26);1H. The molecule has 1 aromatic rings. The van der Waals surface area contributed by atoms with Gasteiger partial charge in [-0.05, 0) is 65.2 Å². The summed E-state index contributed by atoms with van der Waals surface area (Å²) < 4.78 is 13.4. The second-order valence-electron chi connectivity index (χ2n) is 8.16. The Labute approximate surface area is 193 Å². The Morgan fingerprint density at radius 3 is 2.41 bits per heavy atom. The molecule has 29 heavy (non-hydrogen) atoms. The number of piperidine rings is 1. The Balaban J connectivity index is 0.00000420. The van der Waals surface area contributed by atoms with E-state index in [-0.39, 0.29) is 29.8 Å². The number of aliphatic imine (C=N–C) groups is 1. The normalized spacial score (nSPS) is 15.8. The summed E-state index contributed by atoms with van der Waals surface area (Å²) in [5.41, 5.74) is 0.973. The minimum atomic E-state index is -0.171.